The molecule has 0 radical (unpaired) electrons. The molecule has 1 saturated heterocycles. The molecule has 2 N–H and O–H groups in total. The van der Waals surface area contributed by atoms with Crippen molar-refractivity contribution < 1.29 is 55.2 Å². The summed E-state index contributed by atoms with van der Waals surface area (Å²) in [7, 11) is 0. The topological polar surface area (TPSA) is 97.3 Å². The first-order valence-electron chi connectivity index (χ1n) is 14.0. The van der Waals surface area contributed by atoms with Gasteiger partial charge in [-0.1, -0.05) is 26.3 Å². The third-order valence-corrected chi connectivity index (χ3v) is 8.44. The van der Waals surface area contributed by atoms with Crippen LogP contribution in [0.1, 0.15) is 56.2 Å². The van der Waals surface area contributed by atoms with Crippen LogP contribution in [0.4, 0.5) is 31.1 Å². The Morgan fingerprint density at radius 2 is 1.66 bits per heavy atom. The van der Waals surface area contributed by atoms with Gasteiger partial charge in [-0.3, -0.25) is 9.69 Å². The highest BCUT2D eigenvalue weighted by Crippen LogP contribution is 2.51. The Balaban J connectivity index is 1.43. The number of rotatable bonds is 11. The fraction of sp³-hybridized carbons (Fsp3) is 0.517. The second kappa shape index (κ2) is 12.8. The van der Waals surface area contributed by atoms with Crippen molar-refractivity contribution in [2.24, 2.45) is 0 Å². The molecule has 15 heteroatoms. The van der Waals surface area contributed by atoms with Crippen LogP contribution in [0.25, 0.3) is 0 Å². The predicted octanol–water partition coefficient (Wildman–Crippen LogP) is 6.34. The number of benzene rings is 2. The molecular weight excluding hydrogens is 713 g/mol. The number of hydrogen-bond donors (Lipinski definition) is 2. The molecular formula is C29H31F6IN2O6. The molecule has 1 fully saturated rings. The summed E-state index contributed by atoms with van der Waals surface area (Å²) in [4.78, 5) is 27.5. The highest BCUT2D eigenvalue weighted by Gasteiger charge is 2.71. The van der Waals surface area contributed by atoms with E-state index in [0.29, 0.717) is 61.7 Å². The number of alkyl halides is 6. The zero-order chi connectivity index (χ0) is 32.5. The van der Waals surface area contributed by atoms with Crippen LogP contribution in [0, 0.1) is 3.57 Å². The van der Waals surface area contributed by atoms with Crippen molar-refractivity contribution >= 4 is 34.5 Å². The molecule has 1 atom stereocenters. The van der Waals surface area contributed by atoms with Gasteiger partial charge >= 0.3 is 18.4 Å². The van der Waals surface area contributed by atoms with Gasteiger partial charge in [-0.05, 0) is 83.7 Å². The van der Waals surface area contributed by atoms with Crippen LogP contribution in [-0.2, 0) is 22.4 Å². The Labute approximate surface area is 263 Å². The first-order valence-corrected chi connectivity index (χ1v) is 15.0. The van der Waals surface area contributed by atoms with Crippen molar-refractivity contribution in [3.8, 4) is 17.2 Å². The minimum absolute atomic E-state index is 0.0135. The lowest BCUT2D eigenvalue weighted by molar-refractivity contribution is -0.376. The number of aliphatic hydroxyl groups is 1. The molecule has 44 heavy (non-hydrogen) atoms. The summed E-state index contributed by atoms with van der Waals surface area (Å²) in [6.45, 7) is 4.31. The number of fused-ring (bicyclic) bond motifs is 1. The van der Waals surface area contributed by atoms with E-state index in [1.54, 1.807) is 54.6 Å². The molecule has 2 aliphatic rings. The van der Waals surface area contributed by atoms with Crippen molar-refractivity contribution in [3.63, 3.8) is 0 Å². The minimum atomic E-state index is -6.00. The maximum absolute atomic E-state index is 13.5. The van der Waals surface area contributed by atoms with E-state index in [0.717, 1.165) is 4.90 Å². The summed E-state index contributed by atoms with van der Waals surface area (Å²) >= 11 is 1.58. The maximum atomic E-state index is 13.5. The smallest absolute Gasteiger partial charge is 0.430 e. The van der Waals surface area contributed by atoms with Gasteiger partial charge in [-0.2, -0.15) is 26.3 Å². The number of urea groups is 1. The monoisotopic (exact) mass is 744 g/mol. The number of nitrogens with one attached hydrogen (secondary N) is 1. The molecule has 4 rings (SSSR count). The highest BCUT2D eigenvalue weighted by molar-refractivity contribution is 14.1. The summed E-state index contributed by atoms with van der Waals surface area (Å²) < 4.78 is 97.7. The Hall–Kier alpha value is -2.95. The second-order valence-corrected chi connectivity index (χ2v) is 11.6. The number of carbonyl (C=O) groups excluding carboxylic acids is 2. The van der Waals surface area contributed by atoms with E-state index in [1.165, 1.54) is 0 Å². The van der Waals surface area contributed by atoms with Crippen LogP contribution in [0.15, 0.2) is 30.3 Å². The number of halogens is 7. The van der Waals surface area contributed by atoms with Gasteiger partial charge < -0.3 is 24.6 Å². The SMILES string of the molecule is CCCc1cc(C(O)(C(F)(F)F)C(F)(F)F)cc(I)c1OCCCCN1C(=O)NC(CC)(c2ccc3c(c2)OCCO3)C1=O. The molecule has 0 saturated carbocycles. The maximum Gasteiger partial charge on any atom is 0.430 e. The van der Waals surface area contributed by atoms with Gasteiger partial charge in [0.15, 0.2) is 11.5 Å². The third kappa shape index (κ3) is 6.13. The number of ether oxygens (including phenoxy) is 3. The van der Waals surface area contributed by atoms with Crippen LogP contribution in [-0.4, -0.2) is 60.7 Å². The average Bonchev–Trinajstić information content (AvgIpc) is 3.21. The molecule has 2 aromatic carbocycles. The van der Waals surface area contributed by atoms with E-state index in [9.17, 15) is 41.0 Å². The number of hydrogen-bond acceptors (Lipinski definition) is 6. The molecule has 8 nitrogen and oxygen atoms in total. The highest BCUT2D eigenvalue weighted by atomic mass is 127. The van der Waals surface area contributed by atoms with Gasteiger partial charge in [0.1, 0.15) is 24.5 Å². The summed E-state index contributed by atoms with van der Waals surface area (Å²) in [6.07, 6.45) is -10.6. The van der Waals surface area contributed by atoms with Gasteiger partial charge in [0.05, 0.1) is 10.2 Å². The summed E-state index contributed by atoms with van der Waals surface area (Å²) in [6, 6.07) is 5.80. The Morgan fingerprint density at radius 1 is 1.00 bits per heavy atom. The number of aryl methyl sites for hydroxylation is 1. The minimum Gasteiger partial charge on any atom is -0.492 e. The van der Waals surface area contributed by atoms with Gasteiger partial charge in [0.25, 0.3) is 11.5 Å². The molecule has 2 heterocycles. The normalized spacial score (nSPS) is 18.9. The van der Waals surface area contributed by atoms with Gasteiger partial charge in [-0.25, -0.2) is 4.79 Å². The number of amides is 3. The Morgan fingerprint density at radius 3 is 2.27 bits per heavy atom. The van der Waals surface area contributed by atoms with E-state index in [2.05, 4.69) is 5.32 Å². The first-order chi connectivity index (χ1) is 20.6. The molecule has 0 aliphatic carbocycles. The molecule has 0 bridgehead atoms. The third-order valence-electron chi connectivity index (χ3n) is 7.64. The zero-order valence-electron chi connectivity index (χ0n) is 23.8. The van der Waals surface area contributed by atoms with Gasteiger partial charge in [0, 0.05) is 12.1 Å². The number of imide groups is 1. The quantitative estimate of drug-likeness (QED) is 0.121. The van der Waals surface area contributed by atoms with E-state index in [4.69, 9.17) is 14.2 Å². The molecule has 0 aromatic heterocycles. The van der Waals surface area contributed by atoms with Crippen molar-refractivity contribution in [1.82, 2.24) is 10.2 Å². The number of nitrogens with zero attached hydrogens (tertiary/aromatic N) is 1. The zero-order valence-corrected chi connectivity index (χ0v) is 26.0. The lowest BCUT2D eigenvalue weighted by atomic mass is 9.87. The second-order valence-electron chi connectivity index (χ2n) is 10.5. The molecule has 3 amide bonds. The predicted molar refractivity (Wildman–Crippen MR) is 154 cm³/mol. The van der Waals surface area contributed by atoms with Crippen LogP contribution in [0.5, 0.6) is 17.2 Å². The summed E-state index contributed by atoms with van der Waals surface area (Å²) in [5.41, 5.74) is -7.03. The fourth-order valence-corrected chi connectivity index (χ4v) is 6.13. The van der Waals surface area contributed by atoms with Gasteiger partial charge in [-0.15, -0.1) is 0 Å². The standard InChI is InChI=1S/C29H31F6IN2O6/c1-3-7-17-14-19(27(41,28(30,31)32)29(33,34)35)15-20(36)23(17)44-11-6-5-10-38-24(39)26(4-2,37-25(38)40)18-8-9-21-22(16-18)43-13-12-42-21/h8-9,14-16,41H,3-7,10-13H2,1-2H3,(H,37,40). The van der Waals surface area contributed by atoms with Gasteiger partial charge in [0.2, 0.25) is 0 Å². The molecule has 1 unspecified atom stereocenters. The Kier molecular flexibility index (Phi) is 9.88. The lowest BCUT2D eigenvalue weighted by Gasteiger charge is -2.33. The Bertz CT molecular complexity index is 1390. The molecule has 2 aliphatic heterocycles. The molecule has 2 aromatic rings. The van der Waals surface area contributed by atoms with Crippen molar-refractivity contribution in [3.05, 3.63) is 50.6 Å². The first kappa shape index (κ1) is 33.9. The molecule has 0 spiro atoms. The average molecular weight is 744 g/mol. The van der Waals surface area contributed by atoms with E-state index < -0.39 is 41.0 Å². The summed E-state index contributed by atoms with van der Waals surface area (Å²) in [5.74, 6) is 0.703. The van der Waals surface area contributed by atoms with E-state index in [1.807, 2.05) is 0 Å². The number of carbonyl (C=O) groups is 2. The summed E-state index contributed by atoms with van der Waals surface area (Å²) in [5, 5.41) is 12.7. The van der Waals surface area contributed by atoms with Crippen LogP contribution in [0.2, 0.25) is 0 Å². The van der Waals surface area contributed by atoms with Crippen molar-refractivity contribution in [2.75, 3.05) is 26.4 Å². The molecule has 242 valence electrons. The van der Waals surface area contributed by atoms with Crippen LogP contribution < -0.4 is 19.5 Å². The largest absolute Gasteiger partial charge is 0.492 e. The fourth-order valence-electron chi connectivity index (χ4n) is 5.29. The van der Waals surface area contributed by atoms with Crippen molar-refractivity contribution in [1.29, 1.82) is 0 Å². The lowest BCUT2D eigenvalue weighted by Crippen LogP contribution is -2.54. The van der Waals surface area contributed by atoms with Crippen LogP contribution in [0.3, 0.4) is 0 Å². The van der Waals surface area contributed by atoms with Crippen LogP contribution >= 0.6 is 22.6 Å². The van der Waals surface area contributed by atoms with E-state index >= 15 is 0 Å². The number of unbranched alkanes of at least 4 members (excludes halogenated alkanes) is 1. The van der Waals surface area contributed by atoms with E-state index in [-0.39, 0.29) is 40.9 Å². The van der Waals surface area contributed by atoms with Crippen molar-refractivity contribution in [2.45, 2.75) is 69.4 Å².